The van der Waals surface area contributed by atoms with E-state index in [1.807, 2.05) is 0 Å². The summed E-state index contributed by atoms with van der Waals surface area (Å²) in [6.45, 7) is 1.35. The fourth-order valence-electron chi connectivity index (χ4n) is 2.62. The Morgan fingerprint density at radius 3 is 2.68 bits per heavy atom. The van der Waals surface area contributed by atoms with Crippen LogP contribution in [-0.2, 0) is 15.0 Å². The Kier molecular flexibility index (Phi) is 7.06. The minimum atomic E-state index is -3.48. The van der Waals surface area contributed by atoms with Crippen LogP contribution in [0.25, 0.3) is 0 Å². The van der Waals surface area contributed by atoms with E-state index in [0.717, 1.165) is 0 Å². The Labute approximate surface area is 154 Å². The number of halogens is 1. The van der Waals surface area contributed by atoms with Gasteiger partial charge in [-0.1, -0.05) is 11.6 Å². The lowest BCUT2D eigenvalue weighted by Gasteiger charge is -2.32. The van der Waals surface area contributed by atoms with Crippen LogP contribution < -0.4 is 10.1 Å². The first kappa shape index (κ1) is 20.0. The summed E-state index contributed by atoms with van der Waals surface area (Å²) in [5.74, 6) is 0.205. The summed E-state index contributed by atoms with van der Waals surface area (Å²) in [5.41, 5.74) is 0. The summed E-state index contributed by atoms with van der Waals surface area (Å²) in [7, 11) is -0.494. The summed E-state index contributed by atoms with van der Waals surface area (Å²) in [6.07, 6.45) is 1.36. The number of rotatable bonds is 7. The number of carbonyl (C=O) groups is 1. The second-order valence-electron chi connectivity index (χ2n) is 6.08. The van der Waals surface area contributed by atoms with E-state index in [-0.39, 0.29) is 18.4 Å². The predicted octanol–water partition coefficient (Wildman–Crippen LogP) is 1.35. The number of hydrogen-bond donors (Lipinski definition) is 1. The molecule has 2 rings (SSSR count). The van der Waals surface area contributed by atoms with E-state index in [1.54, 1.807) is 24.3 Å². The molecule has 140 valence electrons. The van der Waals surface area contributed by atoms with Gasteiger partial charge in [-0.25, -0.2) is 0 Å². The highest BCUT2D eigenvalue weighted by molar-refractivity contribution is 7.86. The van der Waals surface area contributed by atoms with E-state index in [9.17, 15) is 13.2 Å². The van der Waals surface area contributed by atoms with E-state index in [1.165, 1.54) is 22.7 Å². The van der Waals surface area contributed by atoms with Crippen molar-refractivity contribution in [2.45, 2.75) is 12.8 Å². The Bertz CT molecular complexity index is 679. The molecule has 1 aromatic rings. The Morgan fingerprint density at radius 1 is 1.36 bits per heavy atom. The third kappa shape index (κ3) is 5.57. The van der Waals surface area contributed by atoms with Gasteiger partial charge in [-0.05, 0) is 37.1 Å². The molecule has 1 fully saturated rings. The highest BCUT2D eigenvalue weighted by Crippen LogP contribution is 2.20. The zero-order valence-corrected chi connectivity index (χ0v) is 16.0. The van der Waals surface area contributed by atoms with Crippen LogP contribution >= 0.6 is 11.6 Å². The molecule has 25 heavy (non-hydrogen) atoms. The van der Waals surface area contributed by atoms with Crippen LogP contribution in [-0.4, -0.2) is 63.3 Å². The average Bonchev–Trinajstić information content (AvgIpc) is 2.60. The maximum Gasteiger partial charge on any atom is 0.281 e. The lowest BCUT2D eigenvalue weighted by atomic mass is 9.99. The smallest absolute Gasteiger partial charge is 0.281 e. The topological polar surface area (TPSA) is 79.0 Å². The summed E-state index contributed by atoms with van der Waals surface area (Å²) in [6, 6.07) is 6.99. The van der Waals surface area contributed by atoms with Gasteiger partial charge in [-0.3, -0.25) is 4.79 Å². The number of nitrogens with zero attached hydrogens (tertiary/aromatic N) is 2. The van der Waals surface area contributed by atoms with E-state index in [4.69, 9.17) is 16.3 Å². The molecule has 1 aliphatic rings. The number of piperidine rings is 1. The van der Waals surface area contributed by atoms with Crippen molar-refractivity contribution in [1.82, 2.24) is 13.9 Å². The molecule has 1 N–H and O–H groups in total. The number of nitrogens with one attached hydrogen (secondary N) is 1. The highest BCUT2D eigenvalue weighted by Gasteiger charge is 2.33. The average molecular weight is 390 g/mol. The van der Waals surface area contributed by atoms with Gasteiger partial charge >= 0.3 is 0 Å². The zero-order valence-electron chi connectivity index (χ0n) is 14.4. The maximum atomic E-state index is 12.3. The van der Waals surface area contributed by atoms with Gasteiger partial charge < -0.3 is 10.1 Å². The molecule has 0 bridgehead atoms. The van der Waals surface area contributed by atoms with Crippen LogP contribution in [0.1, 0.15) is 12.8 Å². The molecule has 1 heterocycles. The highest BCUT2D eigenvalue weighted by atomic mass is 35.5. The molecule has 0 aromatic heterocycles. The SMILES string of the molecule is CN(C)S(=O)(=O)N1CCC[C@@H](C(=O)NCCOc2ccc(Cl)cc2)C1. The quantitative estimate of drug-likeness (QED) is 0.714. The lowest BCUT2D eigenvalue weighted by Crippen LogP contribution is -2.49. The molecule has 0 radical (unpaired) electrons. The van der Waals surface area contributed by atoms with Gasteiger partial charge in [0.25, 0.3) is 10.2 Å². The fourth-order valence-corrected chi connectivity index (χ4v) is 3.93. The van der Waals surface area contributed by atoms with Crippen molar-refractivity contribution >= 4 is 27.7 Å². The van der Waals surface area contributed by atoms with Crippen LogP contribution in [0.5, 0.6) is 5.75 Å². The summed E-state index contributed by atoms with van der Waals surface area (Å²) in [5, 5.41) is 3.44. The number of carbonyl (C=O) groups excluding carboxylic acids is 1. The molecule has 1 aromatic carbocycles. The van der Waals surface area contributed by atoms with Crippen LogP contribution in [0.15, 0.2) is 24.3 Å². The largest absolute Gasteiger partial charge is 0.492 e. The van der Waals surface area contributed by atoms with E-state index in [2.05, 4.69) is 5.32 Å². The molecule has 9 heteroatoms. The third-order valence-corrected chi connectivity index (χ3v) is 6.19. The van der Waals surface area contributed by atoms with Crippen molar-refractivity contribution in [1.29, 1.82) is 0 Å². The van der Waals surface area contributed by atoms with Gasteiger partial charge in [-0.2, -0.15) is 17.0 Å². The van der Waals surface area contributed by atoms with Crippen molar-refractivity contribution < 1.29 is 17.9 Å². The van der Waals surface area contributed by atoms with Crippen LogP contribution in [0.3, 0.4) is 0 Å². The Balaban J connectivity index is 1.77. The number of benzene rings is 1. The first-order valence-corrected chi connectivity index (χ1v) is 9.92. The molecule has 0 aliphatic carbocycles. The van der Waals surface area contributed by atoms with Gasteiger partial charge in [0.2, 0.25) is 5.91 Å². The third-order valence-electron chi connectivity index (χ3n) is 4.03. The molecule has 0 saturated carbocycles. The van der Waals surface area contributed by atoms with Crippen LogP contribution in [0.2, 0.25) is 5.02 Å². The van der Waals surface area contributed by atoms with Gasteiger partial charge in [0.15, 0.2) is 0 Å². The van der Waals surface area contributed by atoms with E-state index in [0.29, 0.717) is 43.3 Å². The van der Waals surface area contributed by atoms with Gasteiger partial charge in [-0.15, -0.1) is 0 Å². The lowest BCUT2D eigenvalue weighted by molar-refractivity contribution is -0.126. The zero-order chi connectivity index (χ0) is 18.4. The monoisotopic (exact) mass is 389 g/mol. The normalized spacial score (nSPS) is 19.0. The van der Waals surface area contributed by atoms with Crippen molar-refractivity contribution in [2.24, 2.45) is 5.92 Å². The molecule has 0 unspecified atom stereocenters. The second-order valence-corrected chi connectivity index (χ2v) is 8.66. The van der Waals surface area contributed by atoms with Crippen molar-refractivity contribution in [3.8, 4) is 5.75 Å². The van der Waals surface area contributed by atoms with Crippen molar-refractivity contribution in [2.75, 3.05) is 40.3 Å². The van der Waals surface area contributed by atoms with Crippen molar-refractivity contribution in [3.05, 3.63) is 29.3 Å². The standard InChI is InChI=1S/C16H24ClN3O4S/c1-19(2)25(22,23)20-10-3-4-13(12-20)16(21)18-9-11-24-15-7-5-14(17)6-8-15/h5-8,13H,3-4,9-12H2,1-2H3,(H,18,21)/t13-/m1/s1. The number of ether oxygens (including phenoxy) is 1. The van der Waals surface area contributed by atoms with Gasteiger partial charge in [0.05, 0.1) is 12.5 Å². The van der Waals surface area contributed by atoms with E-state index < -0.39 is 10.2 Å². The van der Waals surface area contributed by atoms with E-state index >= 15 is 0 Å². The molecule has 7 nitrogen and oxygen atoms in total. The summed E-state index contributed by atoms with van der Waals surface area (Å²) in [4.78, 5) is 12.3. The summed E-state index contributed by atoms with van der Waals surface area (Å²) >= 11 is 5.80. The second kappa shape index (κ2) is 8.84. The molecular weight excluding hydrogens is 366 g/mol. The first-order chi connectivity index (χ1) is 11.8. The molecule has 1 aliphatic heterocycles. The first-order valence-electron chi connectivity index (χ1n) is 8.14. The Hall–Kier alpha value is -1.35. The molecule has 0 spiro atoms. The number of amides is 1. The maximum absolute atomic E-state index is 12.3. The molecule has 1 atom stereocenters. The van der Waals surface area contributed by atoms with Gasteiger partial charge in [0.1, 0.15) is 12.4 Å². The van der Waals surface area contributed by atoms with Crippen LogP contribution in [0.4, 0.5) is 0 Å². The molecule has 1 amide bonds. The minimum Gasteiger partial charge on any atom is -0.492 e. The minimum absolute atomic E-state index is 0.140. The number of hydrogen-bond acceptors (Lipinski definition) is 4. The molecule has 1 saturated heterocycles. The van der Waals surface area contributed by atoms with Crippen molar-refractivity contribution in [3.63, 3.8) is 0 Å². The fraction of sp³-hybridized carbons (Fsp3) is 0.562. The van der Waals surface area contributed by atoms with Gasteiger partial charge in [0, 0.05) is 32.2 Å². The van der Waals surface area contributed by atoms with Crippen LogP contribution in [0, 0.1) is 5.92 Å². The summed E-state index contributed by atoms with van der Waals surface area (Å²) < 4.78 is 32.4. The predicted molar refractivity (Wildman–Crippen MR) is 96.9 cm³/mol. The Morgan fingerprint density at radius 2 is 2.04 bits per heavy atom. The molecular formula is C16H24ClN3O4S.